The van der Waals surface area contributed by atoms with Gasteiger partial charge in [0.25, 0.3) is 11.8 Å². The molecule has 2 N–H and O–H groups in total. The normalized spacial score (nSPS) is 17.8. The SMILES string of the molecule is CCN1C(=O)[C@@H](NC(=O)c2cccc(C(F)(F)F)c2)[C@@H](c2ccc(F)cc2)c2c(NC(=O)C#CCN3CCOCC3)nn(-c3ccccc3)c21. The molecule has 50 heavy (non-hydrogen) atoms. The van der Waals surface area contributed by atoms with E-state index in [0.717, 1.165) is 12.1 Å². The average Bonchev–Trinajstić information content (AvgIpc) is 3.47. The average molecular weight is 689 g/mol. The molecule has 0 unspecified atom stereocenters. The number of benzene rings is 3. The van der Waals surface area contributed by atoms with Gasteiger partial charge in [-0.3, -0.25) is 29.5 Å². The van der Waals surface area contributed by atoms with Crippen molar-refractivity contribution in [3.8, 4) is 17.5 Å². The largest absolute Gasteiger partial charge is 0.416 e. The topological polar surface area (TPSA) is 109 Å². The number of hydrogen-bond donors (Lipinski definition) is 2. The highest BCUT2D eigenvalue weighted by molar-refractivity contribution is 6.08. The smallest absolute Gasteiger partial charge is 0.379 e. The van der Waals surface area contributed by atoms with Crippen molar-refractivity contribution in [2.45, 2.75) is 25.1 Å². The highest BCUT2D eigenvalue weighted by Gasteiger charge is 2.46. The Morgan fingerprint density at radius 1 is 1.00 bits per heavy atom. The second-order valence-electron chi connectivity index (χ2n) is 11.6. The summed E-state index contributed by atoms with van der Waals surface area (Å²) in [6.45, 7) is 4.65. The van der Waals surface area contributed by atoms with Crippen molar-refractivity contribution in [3.05, 3.63) is 107 Å². The number of halogens is 4. The van der Waals surface area contributed by atoms with Crippen LogP contribution in [0.5, 0.6) is 0 Å². The number of aromatic nitrogens is 2. The van der Waals surface area contributed by atoms with E-state index < -0.39 is 47.2 Å². The number of likely N-dealkylation sites (N-methyl/N-ethyl adjacent to an activating group) is 1. The number of hydrogen-bond acceptors (Lipinski definition) is 6. The van der Waals surface area contributed by atoms with Gasteiger partial charge in [0.2, 0.25) is 0 Å². The van der Waals surface area contributed by atoms with Gasteiger partial charge in [0.15, 0.2) is 5.82 Å². The number of amides is 3. The molecule has 14 heteroatoms. The van der Waals surface area contributed by atoms with E-state index in [1.807, 2.05) is 4.90 Å². The number of rotatable bonds is 7. The van der Waals surface area contributed by atoms with E-state index in [-0.39, 0.29) is 17.9 Å². The fraction of sp³-hybridized carbons (Fsp3) is 0.278. The number of para-hydroxylation sites is 1. The number of ether oxygens (including phenoxy) is 1. The van der Waals surface area contributed by atoms with Crippen LogP contribution in [-0.4, -0.2) is 77.8 Å². The quantitative estimate of drug-likeness (QED) is 0.217. The van der Waals surface area contributed by atoms with E-state index in [4.69, 9.17) is 9.84 Å². The van der Waals surface area contributed by atoms with Gasteiger partial charge in [-0.15, -0.1) is 5.10 Å². The summed E-state index contributed by atoms with van der Waals surface area (Å²) in [5.41, 5.74) is -0.0923. The first-order chi connectivity index (χ1) is 24.0. The maximum atomic E-state index is 14.4. The van der Waals surface area contributed by atoms with Gasteiger partial charge in [-0.1, -0.05) is 42.3 Å². The van der Waals surface area contributed by atoms with Gasteiger partial charge in [-0.05, 0) is 60.9 Å². The lowest BCUT2D eigenvalue weighted by Crippen LogP contribution is -2.55. The molecule has 2 aliphatic heterocycles. The predicted octanol–water partition coefficient (Wildman–Crippen LogP) is 4.60. The van der Waals surface area contributed by atoms with Gasteiger partial charge < -0.3 is 10.1 Å². The van der Waals surface area contributed by atoms with E-state index in [1.54, 1.807) is 37.3 Å². The number of alkyl halides is 3. The third kappa shape index (κ3) is 7.24. The van der Waals surface area contributed by atoms with E-state index in [2.05, 4.69) is 22.5 Å². The first-order valence-electron chi connectivity index (χ1n) is 15.9. The molecule has 3 amide bonds. The lowest BCUT2D eigenvalue weighted by atomic mass is 9.81. The molecule has 2 aliphatic rings. The van der Waals surface area contributed by atoms with E-state index in [1.165, 1.54) is 39.9 Å². The molecular formula is C36H32F4N6O4. The lowest BCUT2D eigenvalue weighted by molar-refractivity contribution is -0.137. The number of carbonyl (C=O) groups is 3. The Labute approximate surface area is 285 Å². The molecule has 1 fully saturated rings. The zero-order valence-electron chi connectivity index (χ0n) is 26.8. The fourth-order valence-corrected chi connectivity index (χ4v) is 6.06. The molecule has 0 saturated carbocycles. The Morgan fingerprint density at radius 2 is 1.72 bits per heavy atom. The minimum Gasteiger partial charge on any atom is -0.379 e. The van der Waals surface area contributed by atoms with Gasteiger partial charge in [0, 0.05) is 36.7 Å². The Hall–Kier alpha value is -5.52. The summed E-state index contributed by atoms with van der Waals surface area (Å²) < 4.78 is 61.6. The lowest BCUT2D eigenvalue weighted by Gasteiger charge is -2.38. The van der Waals surface area contributed by atoms with Crippen LogP contribution in [0.3, 0.4) is 0 Å². The van der Waals surface area contributed by atoms with Crippen LogP contribution in [-0.2, 0) is 20.5 Å². The minimum absolute atomic E-state index is 0.0353. The monoisotopic (exact) mass is 688 g/mol. The van der Waals surface area contributed by atoms with Crippen molar-refractivity contribution in [3.63, 3.8) is 0 Å². The second kappa shape index (κ2) is 14.5. The molecule has 4 aromatic rings. The molecule has 3 heterocycles. The molecule has 0 radical (unpaired) electrons. The maximum Gasteiger partial charge on any atom is 0.416 e. The summed E-state index contributed by atoms with van der Waals surface area (Å²) in [4.78, 5) is 44.6. The number of carbonyl (C=O) groups excluding carboxylic acids is 3. The first kappa shape index (κ1) is 34.3. The zero-order valence-corrected chi connectivity index (χ0v) is 26.8. The molecule has 0 bridgehead atoms. The third-order valence-electron chi connectivity index (χ3n) is 8.45. The van der Waals surface area contributed by atoms with E-state index in [0.29, 0.717) is 61.5 Å². The summed E-state index contributed by atoms with van der Waals surface area (Å²) in [5.74, 6) is 1.96. The van der Waals surface area contributed by atoms with Gasteiger partial charge >= 0.3 is 12.1 Å². The van der Waals surface area contributed by atoms with Crippen LogP contribution in [0, 0.1) is 17.7 Å². The van der Waals surface area contributed by atoms with Crippen LogP contribution < -0.4 is 15.5 Å². The predicted molar refractivity (Wildman–Crippen MR) is 176 cm³/mol. The Kier molecular flexibility index (Phi) is 9.98. The van der Waals surface area contributed by atoms with E-state index in [9.17, 15) is 31.9 Å². The van der Waals surface area contributed by atoms with Crippen molar-refractivity contribution in [2.75, 3.05) is 49.6 Å². The van der Waals surface area contributed by atoms with Crippen LogP contribution in [0.15, 0.2) is 78.9 Å². The molecule has 1 saturated heterocycles. The Morgan fingerprint density at radius 3 is 2.40 bits per heavy atom. The van der Waals surface area contributed by atoms with Crippen molar-refractivity contribution in [1.82, 2.24) is 20.0 Å². The molecule has 10 nitrogen and oxygen atoms in total. The Bertz CT molecular complexity index is 1950. The zero-order chi connectivity index (χ0) is 35.4. The van der Waals surface area contributed by atoms with Crippen molar-refractivity contribution < 1.29 is 36.7 Å². The maximum absolute atomic E-state index is 14.4. The van der Waals surface area contributed by atoms with Crippen LogP contribution >= 0.6 is 0 Å². The van der Waals surface area contributed by atoms with Crippen LogP contribution in [0.25, 0.3) is 5.69 Å². The number of fused-ring (bicyclic) bond motifs is 1. The number of anilines is 2. The molecule has 2 atom stereocenters. The third-order valence-corrected chi connectivity index (χ3v) is 8.45. The summed E-state index contributed by atoms with van der Waals surface area (Å²) in [6.07, 6.45) is -4.70. The summed E-state index contributed by atoms with van der Waals surface area (Å²) in [6, 6.07) is 16.6. The highest BCUT2D eigenvalue weighted by atomic mass is 19.4. The Balaban J connectivity index is 1.46. The molecule has 258 valence electrons. The van der Waals surface area contributed by atoms with Gasteiger partial charge in [-0.2, -0.15) is 13.2 Å². The van der Waals surface area contributed by atoms with Gasteiger partial charge in [0.05, 0.1) is 31.0 Å². The van der Waals surface area contributed by atoms with Crippen molar-refractivity contribution >= 4 is 29.4 Å². The fourth-order valence-electron chi connectivity index (χ4n) is 6.06. The van der Waals surface area contributed by atoms with Crippen LogP contribution in [0.1, 0.15) is 39.9 Å². The van der Waals surface area contributed by atoms with E-state index >= 15 is 0 Å². The van der Waals surface area contributed by atoms with Crippen molar-refractivity contribution in [1.29, 1.82) is 0 Å². The first-order valence-corrected chi connectivity index (χ1v) is 15.9. The molecule has 0 spiro atoms. The highest BCUT2D eigenvalue weighted by Crippen LogP contribution is 2.45. The summed E-state index contributed by atoms with van der Waals surface area (Å²) >= 11 is 0. The minimum atomic E-state index is -4.70. The molecule has 6 rings (SSSR count). The van der Waals surface area contributed by atoms with Gasteiger partial charge in [-0.25, -0.2) is 9.07 Å². The molecule has 3 aromatic carbocycles. The number of nitrogens with one attached hydrogen (secondary N) is 2. The summed E-state index contributed by atoms with van der Waals surface area (Å²) in [7, 11) is 0. The van der Waals surface area contributed by atoms with Crippen molar-refractivity contribution in [2.24, 2.45) is 0 Å². The van der Waals surface area contributed by atoms with Crippen LogP contribution in [0.2, 0.25) is 0 Å². The standard InChI is InChI=1S/C36H32F4N6O4/c1-2-45-34-30(32(43-46(34)27-10-4-3-5-11-27)41-28(47)12-7-17-44-18-20-50-21-19-44)29(23-13-15-26(37)16-14-23)31(35(45)49)42-33(48)24-8-6-9-25(22-24)36(38,39)40/h3-6,8-11,13-16,22,29,31H,2,17-21H2,1H3,(H,42,48)(H,41,43,47)/t29-,31-/m0/s1. The summed E-state index contributed by atoms with van der Waals surface area (Å²) in [5, 5.41) is 10.1. The van der Waals surface area contributed by atoms with Gasteiger partial charge in [0.1, 0.15) is 17.7 Å². The number of nitrogens with zero attached hydrogens (tertiary/aromatic N) is 4. The number of morpholine rings is 1. The van der Waals surface area contributed by atoms with Crippen LogP contribution in [0.4, 0.5) is 29.2 Å². The molecule has 1 aromatic heterocycles. The molecular weight excluding hydrogens is 656 g/mol. The molecule has 0 aliphatic carbocycles. The second-order valence-corrected chi connectivity index (χ2v) is 11.6.